The first-order chi connectivity index (χ1) is 8.54. The highest BCUT2D eigenvalue weighted by Gasteiger charge is 2.11. The fourth-order valence-corrected chi connectivity index (χ4v) is 1.82. The van der Waals surface area contributed by atoms with Crippen LogP contribution in [0.1, 0.15) is 30.1 Å². The van der Waals surface area contributed by atoms with E-state index >= 15 is 0 Å². The Bertz CT molecular complexity index is 412. The number of hydrogen-bond acceptors (Lipinski definition) is 1. The first-order valence-corrected chi connectivity index (χ1v) is 6.96. The van der Waals surface area contributed by atoms with Crippen LogP contribution in [0.25, 0.3) is 0 Å². The molecule has 0 heterocycles. The lowest BCUT2D eigenvalue weighted by Crippen LogP contribution is -2.25. The van der Waals surface area contributed by atoms with Crippen LogP contribution in [-0.4, -0.2) is 17.8 Å². The van der Waals surface area contributed by atoms with Crippen LogP contribution in [0.4, 0.5) is 8.78 Å². The van der Waals surface area contributed by atoms with E-state index in [0.717, 1.165) is 30.3 Å². The zero-order valence-corrected chi connectivity index (χ0v) is 11.8. The molecule has 0 bridgehead atoms. The Hall–Kier alpha value is -0.970. The third-order valence-corrected chi connectivity index (χ3v) is 3.70. The molecule has 1 atom stereocenters. The van der Waals surface area contributed by atoms with Crippen molar-refractivity contribution in [3.05, 3.63) is 35.4 Å². The molecule has 0 fully saturated rings. The van der Waals surface area contributed by atoms with E-state index in [9.17, 15) is 13.6 Å². The number of rotatable bonds is 6. The maximum atomic E-state index is 13.3. The van der Waals surface area contributed by atoms with Crippen molar-refractivity contribution in [3.8, 4) is 0 Å². The summed E-state index contributed by atoms with van der Waals surface area (Å²) in [6.07, 6.45) is 1.82. The summed E-state index contributed by atoms with van der Waals surface area (Å²) in [6.45, 7) is 2.60. The molecule has 1 rings (SSSR count). The topological polar surface area (TPSA) is 29.1 Å². The number of hydrogen-bond donors (Lipinski definition) is 1. The van der Waals surface area contributed by atoms with Crippen molar-refractivity contribution in [2.45, 2.75) is 19.8 Å². The Morgan fingerprint density at radius 1 is 1.44 bits per heavy atom. The molecule has 1 amide bonds. The standard InChI is InChI=1S/C13H16BrF2NO/c1-9(8-14)3-2-6-17-13(18)11-5-4-10(15)7-12(11)16/h4-5,7,9H,2-3,6,8H2,1H3,(H,17,18). The maximum Gasteiger partial charge on any atom is 0.254 e. The lowest BCUT2D eigenvalue weighted by Gasteiger charge is -2.08. The Kier molecular flexibility index (Phi) is 6.25. The molecule has 0 aliphatic carbocycles. The molecule has 18 heavy (non-hydrogen) atoms. The van der Waals surface area contributed by atoms with Gasteiger partial charge in [0.1, 0.15) is 11.6 Å². The third-order valence-electron chi connectivity index (χ3n) is 2.60. The second kappa shape index (κ2) is 7.46. The van der Waals surface area contributed by atoms with E-state index in [1.165, 1.54) is 0 Å². The van der Waals surface area contributed by atoms with Crippen LogP contribution in [-0.2, 0) is 0 Å². The molecule has 0 spiro atoms. The molecule has 1 unspecified atom stereocenters. The second-order valence-corrected chi connectivity index (χ2v) is 4.93. The van der Waals surface area contributed by atoms with Gasteiger partial charge in [0.2, 0.25) is 0 Å². The number of nitrogens with one attached hydrogen (secondary N) is 1. The Labute approximate surface area is 114 Å². The van der Waals surface area contributed by atoms with Crippen LogP contribution in [0.3, 0.4) is 0 Å². The van der Waals surface area contributed by atoms with E-state index in [1.54, 1.807) is 0 Å². The monoisotopic (exact) mass is 319 g/mol. The van der Waals surface area contributed by atoms with E-state index in [-0.39, 0.29) is 5.56 Å². The van der Waals surface area contributed by atoms with Crippen LogP contribution in [0.15, 0.2) is 18.2 Å². The van der Waals surface area contributed by atoms with Crippen molar-refractivity contribution < 1.29 is 13.6 Å². The highest BCUT2D eigenvalue weighted by Crippen LogP contribution is 2.10. The van der Waals surface area contributed by atoms with Gasteiger partial charge in [0.25, 0.3) is 5.91 Å². The van der Waals surface area contributed by atoms with Gasteiger partial charge in [0, 0.05) is 17.9 Å². The summed E-state index contributed by atoms with van der Waals surface area (Å²) in [7, 11) is 0. The molecule has 0 aliphatic rings. The quantitative estimate of drug-likeness (QED) is 0.631. The smallest absolute Gasteiger partial charge is 0.254 e. The zero-order valence-electron chi connectivity index (χ0n) is 10.2. The highest BCUT2D eigenvalue weighted by molar-refractivity contribution is 9.09. The van der Waals surface area contributed by atoms with E-state index in [2.05, 4.69) is 28.2 Å². The number of amides is 1. The summed E-state index contributed by atoms with van der Waals surface area (Å²) >= 11 is 3.38. The second-order valence-electron chi connectivity index (χ2n) is 4.28. The number of carbonyl (C=O) groups is 1. The van der Waals surface area contributed by atoms with Crippen molar-refractivity contribution in [2.24, 2.45) is 5.92 Å². The van der Waals surface area contributed by atoms with E-state index in [1.807, 2.05) is 0 Å². The van der Waals surface area contributed by atoms with Crippen LogP contribution >= 0.6 is 15.9 Å². The van der Waals surface area contributed by atoms with Crippen LogP contribution in [0.5, 0.6) is 0 Å². The average Bonchev–Trinajstić information content (AvgIpc) is 2.34. The third kappa shape index (κ3) is 4.72. The van der Waals surface area contributed by atoms with Gasteiger partial charge in [0.15, 0.2) is 0 Å². The minimum absolute atomic E-state index is 0.120. The van der Waals surface area contributed by atoms with Gasteiger partial charge < -0.3 is 5.32 Å². The van der Waals surface area contributed by atoms with Crippen LogP contribution in [0.2, 0.25) is 0 Å². The Balaban J connectivity index is 2.41. The summed E-state index contributed by atoms with van der Waals surface area (Å²) in [4.78, 5) is 11.6. The number of benzene rings is 1. The van der Waals surface area contributed by atoms with Gasteiger partial charge in [-0.05, 0) is 30.9 Å². The molecule has 0 saturated heterocycles. The molecule has 1 aromatic carbocycles. The van der Waals surface area contributed by atoms with Gasteiger partial charge in [-0.25, -0.2) is 8.78 Å². The minimum Gasteiger partial charge on any atom is -0.352 e. The minimum atomic E-state index is -0.832. The first kappa shape index (κ1) is 15.1. The summed E-state index contributed by atoms with van der Waals surface area (Å²) in [5.74, 6) is -1.47. The van der Waals surface area contributed by atoms with Crippen molar-refractivity contribution in [3.63, 3.8) is 0 Å². The molecule has 0 saturated carbocycles. The van der Waals surface area contributed by atoms with Crippen molar-refractivity contribution in [2.75, 3.05) is 11.9 Å². The zero-order chi connectivity index (χ0) is 13.5. The van der Waals surface area contributed by atoms with Gasteiger partial charge in [-0.3, -0.25) is 4.79 Å². The molecule has 1 N–H and O–H groups in total. The first-order valence-electron chi connectivity index (χ1n) is 5.83. The fourth-order valence-electron chi connectivity index (χ4n) is 1.50. The molecule has 2 nitrogen and oxygen atoms in total. The molecule has 0 aliphatic heterocycles. The van der Waals surface area contributed by atoms with Gasteiger partial charge in [0.05, 0.1) is 5.56 Å². The van der Waals surface area contributed by atoms with Crippen molar-refractivity contribution in [1.29, 1.82) is 0 Å². The van der Waals surface area contributed by atoms with Gasteiger partial charge in [-0.15, -0.1) is 0 Å². The van der Waals surface area contributed by atoms with Crippen molar-refractivity contribution >= 4 is 21.8 Å². The lowest BCUT2D eigenvalue weighted by atomic mass is 10.1. The Morgan fingerprint density at radius 3 is 2.78 bits per heavy atom. The van der Waals surface area contributed by atoms with E-state index in [4.69, 9.17) is 0 Å². The van der Waals surface area contributed by atoms with E-state index in [0.29, 0.717) is 18.5 Å². The van der Waals surface area contributed by atoms with Gasteiger partial charge in [-0.1, -0.05) is 22.9 Å². The normalized spacial score (nSPS) is 12.2. The molecular formula is C13H16BrF2NO. The number of halogens is 3. The summed E-state index contributed by atoms with van der Waals surface area (Å²) < 4.78 is 26.0. The van der Waals surface area contributed by atoms with Gasteiger partial charge in [-0.2, -0.15) is 0 Å². The molecule has 0 aromatic heterocycles. The average molecular weight is 320 g/mol. The molecule has 5 heteroatoms. The fraction of sp³-hybridized carbons (Fsp3) is 0.462. The predicted molar refractivity (Wildman–Crippen MR) is 70.9 cm³/mol. The SMILES string of the molecule is CC(CBr)CCCNC(=O)c1ccc(F)cc1F. The highest BCUT2D eigenvalue weighted by atomic mass is 79.9. The van der Waals surface area contributed by atoms with E-state index < -0.39 is 17.5 Å². The molecular weight excluding hydrogens is 304 g/mol. The molecule has 0 radical (unpaired) electrons. The molecule has 100 valence electrons. The number of carbonyl (C=O) groups excluding carboxylic acids is 1. The summed E-state index contributed by atoms with van der Waals surface area (Å²) in [5, 5.41) is 3.55. The molecule has 1 aromatic rings. The lowest BCUT2D eigenvalue weighted by molar-refractivity contribution is 0.0948. The van der Waals surface area contributed by atoms with Crippen LogP contribution < -0.4 is 5.32 Å². The van der Waals surface area contributed by atoms with Gasteiger partial charge >= 0.3 is 0 Å². The van der Waals surface area contributed by atoms with Crippen LogP contribution in [0, 0.1) is 17.6 Å². The maximum absolute atomic E-state index is 13.3. The predicted octanol–water partition coefficient (Wildman–Crippen LogP) is 3.51. The van der Waals surface area contributed by atoms with Crippen molar-refractivity contribution in [1.82, 2.24) is 5.32 Å². The summed E-state index contributed by atoms with van der Waals surface area (Å²) in [5.41, 5.74) is -0.120. The number of alkyl halides is 1. The Morgan fingerprint density at radius 2 is 2.17 bits per heavy atom. The summed E-state index contributed by atoms with van der Waals surface area (Å²) in [6, 6.07) is 2.94. The largest absolute Gasteiger partial charge is 0.352 e.